The molecule has 0 aliphatic carbocycles. The van der Waals surface area contributed by atoms with Crippen LogP contribution < -0.4 is 10.1 Å². The average Bonchev–Trinajstić information content (AvgIpc) is 2.79. The van der Waals surface area contributed by atoms with Crippen molar-refractivity contribution in [2.75, 3.05) is 39.8 Å². The highest BCUT2D eigenvalue weighted by Crippen LogP contribution is 2.20. The van der Waals surface area contributed by atoms with E-state index in [-0.39, 0.29) is 24.9 Å². The number of benzene rings is 2. The summed E-state index contributed by atoms with van der Waals surface area (Å²) in [5.41, 5.74) is 1.74. The molecule has 1 fully saturated rings. The predicted octanol–water partition coefficient (Wildman–Crippen LogP) is 1.64. The van der Waals surface area contributed by atoms with Crippen molar-refractivity contribution in [3.8, 4) is 11.8 Å². The second kappa shape index (κ2) is 9.71. The van der Waals surface area contributed by atoms with Crippen LogP contribution in [0.15, 0.2) is 48.5 Å². The van der Waals surface area contributed by atoms with Crippen LogP contribution in [0.3, 0.4) is 0 Å². The third-order valence-electron chi connectivity index (χ3n) is 4.90. The number of amides is 2. The van der Waals surface area contributed by atoms with Crippen LogP contribution in [-0.2, 0) is 11.3 Å². The molecule has 0 bridgehead atoms. The van der Waals surface area contributed by atoms with Gasteiger partial charge in [0.05, 0.1) is 25.3 Å². The minimum Gasteiger partial charge on any atom is -0.496 e. The van der Waals surface area contributed by atoms with Crippen molar-refractivity contribution in [2.24, 2.45) is 0 Å². The summed E-state index contributed by atoms with van der Waals surface area (Å²) < 4.78 is 5.41. The molecule has 2 amide bonds. The Morgan fingerprint density at radius 1 is 1.14 bits per heavy atom. The topological polar surface area (TPSA) is 85.7 Å². The first-order valence-electron chi connectivity index (χ1n) is 9.52. The molecule has 0 aromatic heterocycles. The number of piperazine rings is 1. The third kappa shape index (κ3) is 5.12. The molecule has 3 rings (SSSR count). The number of hydrogen-bond acceptors (Lipinski definition) is 5. The van der Waals surface area contributed by atoms with Crippen molar-refractivity contribution >= 4 is 11.8 Å². The van der Waals surface area contributed by atoms with Gasteiger partial charge < -0.3 is 19.9 Å². The number of hydrogen-bond donors (Lipinski definition) is 1. The number of nitriles is 1. The lowest BCUT2D eigenvalue weighted by Crippen LogP contribution is -2.50. The normalized spacial score (nSPS) is 13.4. The molecule has 7 heteroatoms. The molecule has 29 heavy (non-hydrogen) atoms. The molecule has 2 aromatic rings. The Balaban J connectivity index is 1.84. The maximum absolute atomic E-state index is 13.2. The van der Waals surface area contributed by atoms with Crippen molar-refractivity contribution in [3.05, 3.63) is 65.2 Å². The highest BCUT2D eigenvalue weighted by molar-refractivity contribution is 5.96. The third-order valence-corrected chi connectivity index (χ3v) is 4.90. The molecule has 0 radical (unpaired) electrons. The van der Waals surface area contributed by atoms with Gasteiger partial charge in [0.15, 0.2) is 0 Å². The number of carbonyl (C=O) groups excluding carboxylic acids is 2. The number of rotatable bonds is 6. The minimum atomic E-state index is -0.260. The smallest absolute Gasteiger partial charge is 0.254 e. The van der Waals surface area contributed by atoms with Gasteiger partial charge in [-0.3, -0.25) is 9.59 Å². The summed E-state index contributed by atoms with van der Waals surface area (Å²) in [7, 11) is 1.58. The lowest BCUT2D eigenvalue weighted by molar-refractivity contribution is -0.132. The predicted molar refractivity (Wildman–Crippen MR) is 108 cm³/mol. The zero-order chi connectivity index (χ0) is 20.6. The van der Waals surface area contributed by atoms with Crippen LogP contribution in [0, 0.1) is 11.3 Å². The van der Waals surface area contributed by atoms with E-state index in [4.69, 9.17) is 10.00 Å². The van der Waals surface area contributed by atoms with Crippen LogP contribution in [0.1, 0.15) is 21.5 Å². The van der Waals surface area contributed by atoms with Crippen LogP contribution in [-0.4, -0.2) is 61.4 Å². The standard InChI is InChI=1S/C22H24N4O3/c1-29-20-5-3-2-4-19(20)15-26(16-21(27)25-12-10-24-11-13-25)22(28)18-8-6-17(14-23)7-9-18/h2-9,24H,10-13,15-16H2,1H3. The van der Waals surface area contributed by atoms with E-state index < -0.39 is 0 Å². The van der Waals surface area contributed by atoms with Crippen molar-refractivity contribution in [3.63, 3.8) is 0 Å². The van der Waals surface area contributed by atoms with E-state index in [9.17, 15) is 9.59 Å². The summed E-state index contributed by atoms with van der Waals surface area (Å²) in [4.78, 5) is 29.3. The quantitative estimate of drug-likeness (QED) is 0.808. The Bertz CT molecular complexity index is 899. The molecule has 0 spiro atoms. The SMILES string of the molecule is COc1ccccc1CN(CC(=O)N1CCNCC1)C(=O)c1ccc(C#N)cc1. The van der Waals surface area contributed by atoms with E-state index in [1.54, 1.807) is 36.3 Å². The highest BCUT2D eigenvalue weighted by Gasteiger charge is 2.24. The molecule has 1 aliphatic rings. The van der Waals surface area contributed by atoms with Crippen LogP contribution in [0.2, 0.25) is 0 Å². The van der Waals surface area contributed by atoms with Gasteiger partial charge >= 0.3 is 0 Å². The van der Waals surface area contributed by atoms with Crippen molar-refractivity contribution in [1.82, 2.24) is 15.1 Å². The van der Waals surface area contributed by atoms with E-state index in [1.165, 1.54) is 4.90 Å². The molecule has 0 unspecified atom stereocenters. The van der Waals surface area contributed by atoms with Crippen molar-refractivity contribution in [2.45, 2.75) is 6.54 Å². The molecule has 1 saturated heterocycles. The first kappa shape index (κ1) is 20.4. The van der Waals surface area contributed by atoms with Crippen LogP contribution in [0.4, 0.5) is 0 Å². The second-order valence-electron chi connectivity index (χ2n) is 6.79. The van der Waals surface area contributed by atoms with Gasteiger partial charge in [0.25, 0.3) is 5.91 Å². The van der Waals surface area contributed by atoms with E-state index in [1.807, 2.05) is 30.3 Å². The summed E-state index contributed by atoms with van der Waals surface area (Å²) in [6, 6.07) is 15.9. The number of carbonyl (C=O) groups is 2. The lowest BCUT2D eigenvalue weighted by Gasteiger charge is -2.30. The highest BCUT2D eigenvalue weighted by atomic mass is 16.5. The molecule has 7 nitrogen and oxygen atoms in total. The Kier molecular flexibility index (Phi) is 6.82. The first-order valence-corrected chi connectivity index (χ1v) is 9.52. The first-order chi connectivity index (χ1) is 14.1. The zero-order valence-electron chi connectivity index (χ0n) is 16.4. The summed E-state index contributed by atoms with van der Waals surface area (Å²) in [6.45, 7) is 3.00. The molecule has 1 heterocycles. The number of methoxy groups -OCH3 is 1. The van der Waals surface area contributed by atoms with Crippen LogP contribution in [0.5, 0.6) is 5.75 Å². The van der Waals surface area contributed by atoms with Crippen LogP contribution in [0.25, 0.3) is 0 Å². The van der Waals surface area contributed by atoms with Gasteiger partial charge in [-0.05, 0) is 30.3 Å². The van der Waals surface area contributed by atoms with Crippen molar-refractivity contribution in [1.29, 1.82) is 5.26 Å². The van der Waals surface area contributed by atoms with E-state index in [0.717, 1.165) is 18.7 Å². The Morgan fingerprint density at radius 2 is 1.83 bits per heavy atom. The fourth-order valence-electron chi connectivity index (χ4n) is 3.29. The number of nitrogens with zero attached hydrogens (tertiary/aromatic N) is 3. The molecular weight excluding hydrogens is 368 g/mol. The van der Waals surface area contributed by atoms with E-state index in [0.29, 0.717) is 30.0 Å². The van der Waals surface area contributed by atoms with Crippen LogP contribution >= 0.6 is 0 Å². The van der Waals surface area contributed by atoms with Crippen molar-refractivity contribution < 1.29 is 14.3 Å². The molecular formula is C22H24N4O3. The van der Waals surface area contributed by atoms with E-state index >= 15 is 0 Å². The maximum atomic E-state index is 13.2. The minimum absolute atomic E-state index is 0.0170. The molecule has 1 aliphatic heterocycles. The zero-order valence-corrected chi connectivity index (χ0v) is 16.4. The summed E-state index contributed by atoms with van der Waals surface area (Å²) in [6.07, 6.45) is 0. The van der Waals surface area contributed by atoms with Gasteiger partial charge in [-0.2, -0.15) is 5.26 Å². The van der Waals surface area contributed by atoms with Gasteiger partial charge in [0.1, 0.15) is 12.3 Å². The van der Waals surface area contributed by atoms with Gasteiger partial charge in [-0.25, -0.2) is 0 Å². The maximum Gasteiger partial charge on any atom is 0.254 e. The number of nitrogens with one attached hydrogen (secondary N) is 1. The van der Waals surface area contributed by atoms with Gasteiger partial charge in [-0.1, -0.05) is 18.2 Å². The summed E-state index contributed by atoms with van der Waals surface area (Å²) in [5.74, 6) is 0.326. The molecule has 0 saturated carbocycles. The second-order valence-corrected chi connectivity index (χ2v) is 6.79. The fourth-order valence-corrected chi connectivity index (χ4v) is 3.29. The molecule has 150 valence electrons. The summed E-state index contributed by atoms with van der Waals surface area (Å²) >= 11 is 0. The van der Waals surface area contributed by atoms with Gasteiger partial charge in [0, 0.05) is 37.3 Å². The average molecular weight is 392 g/mol. The molecule has 1 N–H and O–H groups in total. The largest absolute Gasteiger partial charge is 0.496 e. The number of ether oxygens (including phenoxy) is 1. The Hall–Kier alpha value is -3.37. The number of para-hydroxylation sites is 1. The monoisotopic (exact) mass is 392 g/mol. The summed E-state index contributed by atoms with van der Waals surface area (Å²) in [5, 5.41) is 12.2. The molecule has 0 atom stereocenters. The van der Waals surface area contributed by atoms with Gasteiger partial charge in [0.2, 0.25) is 5.91 Å². The van der Waals surface area contributed by atoms with E-state index in [2.05, 4.69) is 5.32 Å². The van der Waals surface area contributed by atoms with Gasteiger partial charge in [-0.15, -0.1) is 0 Å². The molecule has 2 aromatic carbocycles. The lowest BCUT2D eigenvalue weighted by atomic mass is 10.1. The Labute approximate surface area is 170 Å². The fraction of sp³-hybridized carbons (Fsp3) is 0.318. The Morgan fingerprint density at radius 3 is 2.48 bits per heavy atom.